The Kier molecular flexibility index (Phi) is 5.79. The lowest BCUT2D eigenvalue weighted by Crippen LogP contribution is -2.23. The standard InChI is InChI=1S/C26H24N2O2S/c1-16-12-13-18(3)21(14-16)24(29)15-31-26-27-22-10-6-5-9-20(22)25(30)28(26)23-11-7-8-17(2)19(23)4/h5-14H,15H2,1-4H3. The first-order valence-corrected chi connectivity index (χ1v) is 11.2. The number of nitrogens with zero attached hydrogens (tertiary/aromatic N) is 2. The Bertz CT molecular complexity index is 1370. The van der Waals surface area contributed by atoms with Gasteiger partial charge in [0, 0.05) is 5.56 Å². The van der Waals surface area contributed by atoms with Crippen LogP contribution < -0.4 is 5.56 Å². The molecule has 31 heavy (non-hydrogen) atoms. The summed E-state index contributed by atoms with van der Waals surface area (Å²) in [5.41, 5.74) is 6.14. The van der Waals surface area contributed by atoms with Gasteiger partial charge in [0.1, 0.15) is 0 Å². The summed E-state index contributed by atoms with van der Waals surface area (Å²) in [7, 11) is 0. The number of hydrogen-bond acceptors (Lipinski definition) is 4. The number of benzene rings is 3. The molecule has 0 aliphatic heterocycles. The molecule has 0 amide bonds. The van der Waals surface area contributed by atoms with Crippen LogP contribution in [-0.2, 0) is 0 Å². The number of aromatic nitrogens is 2. The lowest BCUT2D eigenvalue weighted by Gasteiger charge is -2.16. The Labute approximate surface area is 186 Å². The third-order valence-corrected chi connectivity index (χ3v) is 6.53. The summed E-state index contributed by atoms with van der Waals surface area (Å²) in [5.74, 6) is 0.237. The maximum Gasteiger partial charge on any atom is 0.266 e. The van der Waals surface area contributed by atoms with Gasteiger partial charge in [0.15, 0.2) is 10.9 Å². The second-order valence-corrected chi connectivity index (χ2v) is 8.74. The fraction of sp³-hybridized carbons (Fsp3) is 0.192. The van der Waals surface area contributed by atoms with E-state index >= 15 is 0 Å². The molecule has 5 heteroatoms. The SMILES string of the molecule is Cc1ccc(C)c(C(=O)CSc2nc3ccccc3c(=O)n2-c2cccc(C)c2C)c1. The van der Waals surface area contributed by atoms with Crippen molar-refractivity contribution >= 4 is 28.4 Å². The molecule has 4 rings (SSSR count). The fourth-order valence-electron chi connectivity index (χ4n) is 3.64. The number of Topliss-reactive ketones (excluding diaryl/α,β-unsaturated/α-hetero) is 1. The zero-order chi connectivity index (χ0) is 22.1. The van der Waals surface area contributed by atoms with Crippen molar-refractivity contribution in [1.29, 1.82) is 0 Å². The van der Waals surface area contributed by atoms with Crippen molar-refractivity contribution in [3.63, 3.8) is 0 Å². The van der Waals surface area contributed by atoms with E-state index in [2.05, 4.69) is 0 Å². The normalized spacial score (nSPS) is 11.1. The van der Waals surface area contributed by atoms with E-state index in [9.17, 15) is 9.59 Å². The van der Waals surface area contributed by atoms with Crippen molar-refractivity contribution < 1.29 is 4.79 Å². The Morgan fingerprint density at radius 3 is 2.52 bits per heavy atom. The number of thioether (sulfide) groups is 1. The molecule has 0 atom stereocenters. The Morgan fingerprint density at radius 2 is 1.71 bits per heavy atom. The van der Waals surface area contributed by atoms with Gasteiger partial charge in [-0.2, -0.15) is 0 Å². The molecule has 0 aliphatic rings. The van der Waals surface area contributed by atoms with Gasteiger partial charge in [0.2, 0.25) is 0 Å². The number of hydrogen-bond donors (Lipinski definition) is 0. The fourth-order valence-corrected chi connectivity index (χ4v) is 4.53. The first-order chi connectivity index (χ1) is 14.9. The Morgan fingerprint density at radius 1 is 0.935 bits per heavy atom. The Hall–Kier alpha value is -3.18. The summed E-state index contributed by atoms with van der Waals surface area (Å²) in [6.45, 7) is 7.95. The predicted molar refractivity (Wildman–Crippen MR) is 128 cm³/mol. The van der Waals surface area contributed by atoms with Gasteiger partial charge in [-0.25, -0.2) is 4.98 Å². The van der Waals surface area contributed by atoms with Crippen LogP contribution in [0.1, 0.15) is 32.6 Å². The third kappa shape index (κ3) is 4.06. The molecule has 1 heterocycles. The molecular formula is C26H24N2O2S. The van der Waals surface area contributed by atoms with E-state index in [0.29, 0.717) is 21.6 Å². The molecule has 3 aromatic carbocycles. The average molecular weight is 429 g/mol. The van der Waals surface area contributed by atoms with Crippen LogP contribution in [0.25, 0.3) is 16.6 Å². The van der Waals surface area contributed by atoms with E-state index < -0.39 is 0 Å². The highest BCUT2D eigenvalue weighted by Gasteiger charge is 2.17. The van der Waals surface area contributed by atoms with Gasteiger partial charge < -0.3 is 0 Å². The first-order valence-electron chi connectivity index (χ1n) is 10.2. The van der Waals surface area contributed by atoms with Crippen molar-refractivity contribution in [3.05, 3.63) is 98.8 Å². The highest BCUT2D eigenvalue weighted by molar-refractivity contribution is 7.99. The van der Waals surface area contributed by atoms with Crippen molar-refractivity contribution in [2.75, 3.05) is 5.75 Å². The molecule has 0 radical (unpaired) electrons. The van der Waals surface area contributed by atoms with Gasteiger partial charge in [-0.05, 0) is 68.7 Å². The van der Waals surface area contributed by atoms with E-state index in [0.717, 1.165) is 27.9 Å². The van der Waals surface area contributed by atoms with Crippen molar-refractivity contribution in [2.24, 2.45) is 0 Å². The van der Waals surface area contributed by atoms with E-state index in [1.54, 1.807) is 10.6 Å². The number of ketones is 1. The zero-order valence-corrected chi connectivity index (χ0v) is 18.9. The van der Waals surface area contributed by atoms with E-state index in [1.165, 1.54) is 11.8 Å². The van der Waals surface area contributed by atoms with Crippen LogP contribution in [0.4, 0.5) is 0 Å². The van der Waals surface area contributed by atoms with Gasteiger partial charge in [-0.15, -0.1) is 0 Å². The van der Waals surface area contributed by atoms with E-state index in [-0.39, 0.29) is 17.1 Å². The molecular weight excluding hydrogens is 404 g/mol. The highest BCUT2D eigenvalue weighted by atomic mass is 32.2. The van der Waals surface area contributed by atoms with Crippen LogP contribution in [-0.4, -0.2) is 21.1 Å². The van der Waals surface area contributed by atoms with Gasteiger partial charge >= 0.3 is 0 Å². The summed E-state index contributed by atoms with van der Waals surface area (Å²) < 4.78 is 1.64. The Balaban J connectivity index is 1.81. The molecule has 0 spiro atoms. The maximum absolute atomic E-state index is 13.5. The maximum atomic E-state index is 13.5. The second kappa shape index (κ2) is 8.52. The first kappa shape index (κ1) is 21.1. The molecule has 4 aromatic rings. The van der Waals surface area contributed by atoms with Crippen LogP contribution in [0.2, 0.25) is 0 Å². The summed E-state index contributed by atoms with van der Waals surface area (Å²) in [5, 5.41) is 1.09. The van der Waals surface area contributed by atoms with Gasteiger partial charge in [0.05, 0.1) is 22.3 Å². The quantitative estimate of drug-likeness (QED) is 0.236. The van der Waals surface area contributed by atoms with Gasteiger partial charge in [-0.3, -0.25) is 14.2 Å². The average Bonchev–Trinajstić information content (AvgIpc) is 2.76. The highest BCUT2D eigenvalue weighted by Crippen LogP contribution is 2.25. The molecule has 0 N–H and O–H groups in total. The van der Waals surface area contributed by atoms with Crippen LogP contribution in [0, 0.1) is 27.7 Å². The van der Waals surface area contributed by atoms with Gasteiger partial charge in [-0.1, -0.05) is 53.7 Å². The summed E-state index contributed by atoms with van der Waals surface area (Å²) >= 11 is 1.31. The zero-order valence-electron chi connectivity index (χ0n) is 18.1. The summed E-state index contributed by atoms with van der Waals surface area (Å²) in [6.07, 6.45) is 0. The lowest BCUT2D eigenvalue weighted by molar-refractivity contribution is 0.102. The minimum atomic E-state index is -0.124. The lowest BCUT2D eigenvalue weighted by atomic mass is 10.0. The molecule has 0 bridgehead atoms. The number of aryl methyl sites for hydroxylation is 3. The van der Waals surface area contributed by atoms with Crippen molar-refractivity contribution in [3.8, 4) is 5.69 Å². The molecule has 0 unspecified atom stereocenters. The number of para-hydroxylation sites is 1. The van der Waals surface area contributed by atoms with Crippen LogP contribution >= 0.6 is 11.8 Å². The molecule has 156 valence electrons. The van der Waals surface area contributed by atoms with Crippen LogP contribution in [0.15, 0.2) is 70.6 Å². The van der Waals surface area contributed by atoms with E-state index in [4.69, 9.17) is 4.98 Å². The minimum Gasteiger partial charge on any atom is -0.293 e. The number of fused-ring (bicyclic) bond motifs is 1. The predicted octanol–water partition coefficient (Wildman–Crippen LogP) is 5.59. The topological polar surface area (TPSA) is 52.0 Å². The molecule has 0 aliphatic carbocycles. The number of carbonyl (C=O) groups is 1. The smallest absolute Gasteiger partial charge is 0.266 e. The minimum absolute atomic E-state index is 0.0288. The molecule has 0 saturated heterocycles. The number of carbonyl (C=O) groups excluding carboxylic acids is 1. The third-order valence-electron chi connectivity index (χ3n) is 5.59. The molecule has 4 nitrogen and oxygen atoms in total. The van der Waals surface area contributed by atoms with Gasteiger partial charge in [0.25, 0.3) is 5.56 Å². The molecule has 0 fully saturated rings. The monoisotopic (exact) mass is 428 g/mol. The molecule has 0 saturated carbocycles. The van der Waals surface area contributed by atoms with Crippen molar-refractivity contribution in [2.45, 2.75) is 32.9 Å². The second-order valence-electron chi connectivity index (χ2n) is 7.80. The van der Waals surface area contributed by atoms with Crippen LogP contribution in [0.5, 0.6) is 0 Å². The van der Waals surface area contributed by atoms with E-state index in [1.807, 2.05) is 82.3 Å². The largest absolute Gasteiger partial charge is 0.293 e. The van der Waals surface area contributed by atoms with Crippen molar-refractivity contribution in [1.82, 2.24) is 9.55 Å². The summed E-state index contributed by atoms with van der Waals surface area (Å²) in [4.78, 5) is 31.2. The molecule has 1 aromatic heterocycles. The number of rotatable bonds is 5. The summed E-state index contributed by atoms with van der Waals surface area (Å²) in [6, 6.07) is 19.1. The van der Waals surface area contributed by atoms with Crippen LogP contribution in [0.3, 0.4) is 0 Å².